The van der Waals surface area contributed by atoms with E-state index in [-0.39, 0.29) is 11.6 Å². The molecule has 3 aliphatic rings. The van der Waals surface area contributed by atoms with Crippen LogP contribution in [0.5, 0.6) is 0 Å². The third-order valence-electron chi connectivity index (χ3n) is 7.09. The molecule has 0 atom stereocenters. The predicted octanol–water partition coefficient (Wildman–Crippen LogP) is 3.07. The van der Waals surface area contributed by atoms with Crippen molar-refractivity contribution in [3.05, 3.63) is 40.8 Å². The van der Waals surface area contributed by atoms with Crippen LogP contribution >= 0.6 is 11.6 Å². The van der Waals surface area contributed by atoms with Crippen LogP contribution in [-0.2, 0) is 0 Å². The molecule has 1 amide bonds. The Morgan fingerprint density at radius 2 is 1.67 bits per heavy atom. The lowest BCUT2D eigenvalue weighted by atomic mass is 10.0. The highest BCUT2D eigenvalue weighted by Gasteiger charge is 2.30. The first-order chi connectivity index (χ1) is 16.0. The summed E-state index contributed by atoms with van der Waals surface area (Å²) in [6.45, 7) is 6.85. The maximum Gasteiger partial charge on any atom is 0.271 e. The van der Waals surface area contributed by atoms with Gasteiger partial charge in [-0.1, -0.05) is 11.6 Å². The second-order valence-corrected chi connectivity index (χ2v) is 9.82. The van der Waals surface area contributed by atoms with Gasteiger partial charge in [-0.2, -0.15) is 0 Å². The molecule has 3 heterocycles. The highest BCUT2D eigenvalue weighted by molar-refractivity contribution is 6.30. The zero-order valence-corrected chi connectivity index (χ0v) is 19.9. The van der Waals surface area contributed by atoms with E-state index in [0.29, 0.717) is 22.7 Å². The van der Waals surface area contributed by atoms with Gasteiger partial charge in [0.1, 0.15) is 0 Å². The Morgan fingerprint density at radius 3 is 2.27 bits per heavy atom. The van der Waals surface area contributed by atoms with Gasteiger partial charge in [-0.05, 0) is 57.0 Å². The van der Waals surface area contributed by atoms with Crippen molar-refractivity contribution < 1.29 is 4.79 Å². The van der Waals surface area contributed by atoms with E-state index in [9.17, 15) is 4.79 Å². The van der Waals surface area contributed by atoms with E-state index in [0.717, 1.165) is 31.6 Å². The lowest BCUT2D eigenvalue weighted by Gasteiger charge is -2.42. The van der Waals surface area contributed by atoms with Crippen molar-refractivity contribution in [2.75, 3.05) is 56.5 Å². The molecule has 176 valence electrons. The number of nitrogens with two attached hydrogens (primary N) is 1. The Morgan fingerprint density at radius 1 is 1.00 bits per heavy atom. The number of anilines is 3. The molecule has 1 aromatic carbocycles. The molecular weight excluding hydrogens is 438 g/mol. The molecule has 8 nitrogen and oxygen atoms in total. The minimum Gasteiger partial charge on any atom is -0.371 e. The smallest absolute Gasteiger partial charge is 0.271 e. The van der Waals surface area contributed by atoms with Crippen molar-refractivity contribution in [1.29, 1.82) is 0 Å². The van der Waals surface area contributed by atoms with Gasteiger partial charge in [-0.25, -0.2) is 9.97 Å². The molecule has 3 N–H and O–H groups in total. The van der Waals surface area contributed by atoms with Crippen LogP contribution in [0.1, 0.15) is 47.8 Å². The first kappa shape index (κ1) is 22.4. The van der Waals surface area contributed by atoms with Crippen LogP contribution in [0.25, 0.3) is 0 Å². The Labute approximate surface area is 200 Å². The normalized spacial score (nSPS) is 20.7. The molecule has 5 rings (SSSR count). The summed E-state index contributed by atoms with van der Waals surface area (Å²) in [6, 6.07) is 8.91. The lowest BCUT2D eigenvalue weighted by Crippen LogP contribution is -2.52. The molecule has 0 radical (unpaired) electrons. The number of aromatic nitrogens is 2. The number of benzene rings is 1. The summed E-state index contributed by atoms with van der Waals surface area (Å²) in [5.74, 6) is -0.0159. The first-order valence-corrected chi connectivity index (χ1v) is 12.3. The molecule has 2 saturated heterocycles. The number of hydrogen-bond donors (Lipinski definition) is 2. The fourth-order valence-electron chi connectivity index (χ4n) is 4.87. The van der Waals surface area contributed by atoms with Crippen LogP contribution in [0.2, 0.25) is 5.15 Å². The maximum absolute atomic E-state index is 12.0. The number of nitrogens with one attached hydrogen (secondary N) is 1. The van der Waals surface area contributed by atoms with Gasteiger partial charge >= 0.3 is 0 Å². The number of carbonyl (C=O) groups excluding carboxylic acids is 1. The van der Waals surface area contributed by atoms with Gasteiger partial charge in [-0.3, -0.25) is 9.69 Å². The number of nitrogens with zero attached hydrogens (tertiary/aromatic N) is 5. The van der Waals surface area contributed by atoms with E-state index >= 15 is 0 Å². The minimum atomic E-state index is -0.608. The molecule has 9 heteroatoms. The van der Waals surface area contributed by atoms with Crippen LogP contribution in [0.3, 0.4) is 0 Å². The summed E-state index contributed by atoms with van der Waals surface area (Å²) in [6.07, 6.45) is 4.45. The molecule has 0 bridgehead atoms. The van der Waals surface area contributed by atoms with Crippen molar-refractivity contribution in [3.8, 4) is 0 Å². The van der Waals surface area contributed by atoms with Gasteiger partial charge in [0.2, 0.25) is 0 Å². The van der Waals surface area contributed by atoms with E-state index < -0.39 is 5.91 Å². The standard InChI is InChI=1S/C24H32ClN7O/c1-30-12-14-32(15-13-30)19-8-10-31(11-9-19)18-6-4-17(5-7-18)27-24-21(23(26)33)28-20(16-2-3-16)22(25)29-24/h4-7,16,19H,2-3,8-15H2,1H3,(H2,26,33)(H,27,29). The van der Waals surface area contributed by atoms with Crippen molar-refractivity contribution in [2.24, 2.45) is 5.73 Å². The molecule has 0 spiro atoms. The van der Waals surface area contributed by atoms with Crippen LogP contribution < -0.4 is 16.0 Å². The Kier molecular flexibility index (Phi) is 6.40. The summed E-state index contributed by atoms with van der Waals surface area (Å²) < 4.78 is 0. The fourth-order valence-corrected chi connectivity index (χ4v) is 5.15. The highest BCUT2D eigenvalue weighted by Crippen LogP contribution is 2.42. The summed E-state index contributed by atoms with van der Waals surface area (Å²) >= 11 is 6.33. The molecule has 1 saturated carbocycles. The van der Waals surface area contributed by atoms with Crippen LogP contribution in [0.4, 0.5) is 17.2 Å². The van der Waals surface area contributed by atoms with Gasteiger partial charge < -0.3 is 20.9 Å². The number of rotatable bonds is 6. The fraction of sp³-hybridized carbons (Fsp3) is 0.542. The predicted molar refractivity (Wildman–Crippen MR) is 132 cm³/mol. The molecule has 1 aromatic heterocycles. The largest absolute Gasteiger partial charge is 0.371 e. The lowest BCUT2D eigenvalue weighted by molar-refractivity contribution is 0.0982. The number of primary amides is 1. The van der Waals surface area contributed by atoms with Crippen molar-refractivity contribution in [2.45, 2.75) is 37.6 Å². The summed E-state index contributed by atoms with van der Waals surface area (Å²) in [5, 5.41) is 3.51. The number of carbonyl (C=O) groups is 1. The summed E-state index contributed by atoms with van der Waals surface area (Å²) in [4.78, 5) is 28.3. The number of piperazine rings is 1. The van der Waals surface area contributed by atoms with Gasteiger partial charge in [0.05, 0.1) is 5.69 Å². The van der Waals surface area contributed by atoms with Crippen LogP contribution in [0, 0.1) is 0 Å². The quantitative estimate of drug-likeness (QED) is 0.671. The highest BCUT2D eigenvalue weighted by atomic mass is 35.5. The average Bonchev–Trinajstić information content (AvgIpc) is 3.66. The van der Waals surface area contributed by atoms with Gasteiger partial charge in [0.15, 0.2) is 16.7 Å². The summed E-state index contributed by atoms with van der Waals surface area (Å²) in [7, 11) is 2.21. The SMILES string of the molecule is CN1CCN(C2CCN(c3ccc(Nc4nc(Cl)c(C5CC5)nc4C(N)=O)cc3)CC2)CC1. The molecule has 2 aromatic rings. The number of halogens is 1. The summed E-state index contributed by atoms with van der Waals surface area (Å²) in [5.41, 5.74) is 8.40. The van der Waals surface area contributed by atoms with Crippen LogP contribution in [-0.4, -0.2) is 78.0 Å². The van der Waals surface area contributed by atoms with Crippen molar-refractivity contribution >= 4 is 34.7 Å². The van der Waals surface area contributed by atoms with Gasteiger partial charge in [-0.15, -0.1) is 0 Å². The third kappa shape index (κ3) is 5.08. The Balaban J connectivity index is 1.22. The van der Waals surface area contributed by atoms with E-state index in [2.05, 4.69) is 49.2 Å². The number of piperidine rings is 1. The second-order valence-electron chi connectivity index (χ2n) is 9.46. The van der Waals surface area contributed by atoms with Gasteiger partial charge in [0, 0.05) is 62.6 Å². The van der Waals surface area contributed by atoms with Gasteiger partial charge in [0.25, 0.3) is 5.91 Å². The number of amides is 1. The number of likely N-dealkylation sites (N-methyl/N-ethyl adjacent to an activating group) is 1. The molecule has 1 aliphatic carbocycles. The van der Waals surface area contributed by atoms with E-state index in [4.69, 9.17) is 17.3 Å². The molecule has 33 heavy (non-hydrogen) atoms. The van der Waals surface area contributed by atoms with E-state index in [1.54, 1.807) is 0 Å². The molecular formula is C24H32ClN7O. The van der Waals surface area contributed by atoms with Crippen LogP contribution in [0.15, 0.2) is 24.3 Å². The number of hydrogen-bond acceptors (Lipinski definition) is 7. The van der Waals surface area contributed by atoms with Crippen molar-refractivity contribution in [1.82, 2.24) is 19.8 Å². The van der Waals surface area contributed by atoms with Crippen molar-refractivity contribution in [3.63, 3.8) is 0 Å². The molecule has 0 unspecified atom stereocenters. The molecule has 2 aliphatic heterocycles. The zero-order chi connectivity index (χ0) is 22.9. The third-order valence-corrected chi connectivity index (χ3v) is 7.37. The minimum absolute atomic E-state index is 0.136. The van der Waals surface area contributed by atoms with E-state index in [1.807, 2.05) is 12.1 Å². The first-order valence-electron chi connectivity index (χ1n) is 11.9. The van der Waals surface area contributed by atoms with E-state index in [1.165, 1.54) is 44.7 Å². The molecule has 3 fully saturated rings. The Bertz CT molecular complexity index is 995. The average molecular weight is 470 g/mol. The topological polar surface area (TPSA) is 90.6 Å². The monoisotopic (exact) mass is 469 g/mol. The Hall–Kier alpha value is -2.42. The zero-order valence-electron chi connectivity index (χ0n) is 19.1. The maximum atomic E-state index is 12.0. The second kappa shape index (κ2) is 9.44.